The number of fused-ring (bicyclic) bond motifs is 5. The Bertz CT molecular complexity index is 1400. The van der Waals surface area contributed by atoms with Gasteiger partial charge in [-0.3, -0.25) is 0 Å². The molecule has 6 rings (SSSR count). The summed E-state index contributed by atoms with van der Waals surface area (Å²) >= 11 is 1.82. The predicted molar refractivity (Wildman–Crippen MR) is 133 cm³/mol. The van der Waals surface area contributed by atoms with Crippen LogP contribution in [0.5, 0.6) is 23.0 Å². The van der Waals surface area contributed by atoms with Crippen molar-refractivity contribution in [2.75, 3.05) is 26.3 Å². The zero-order valence-electron chi connectivity index (χ0n) is 19.3. The molecule has 1 aromatic heterocycles. The summed E-state index contributed by atoms with van der Waals surface area (Å²) in [5, 5.41) is 2.19. The zero-order valence-corrected chi connectivity index (χ0v) is 20.1. The summed E-state index contributed by atoms with van der Waals surface area (Å²) in [7, 11) is 1.69. The Morgan fingerprint density at radius 2 is 1.88 bits per heavy atom. The quantitative estimate of drug-likeness (QED) is 0.209. The van der Waals surface area contributed by atoms with Crippen LogP contribution in [0.3, 0.4) is 0 Å². The highest BCUT2D eigenvalue weighted by Gasteiger charge is 2.28. The third-order valence-electron chi connectivity index (χ3n) is 6.48. The van der Waals surface area contributed by atoms with E-state index in [4.69, 9.17) is 18.9 Å². The average molecular weight is 473 g/mol. The number of thioether (sulfide) groups is 1. The lowest BCUT2D eigenvalue weighted by Gasteiger charge is -2.18. The number of aromatic nitrogens is 1. The van der Waals surface area contributed by atoms with E-state index >= 15 is 0 Å². The Morgan fingerprint density at radius 1 is 1.03 bits per heavy atom. The van der Waals surface area contributed by atoms with Gasteiger partial charge in [-0.2, -0.15) is 4.57 Å². The molecule has 0 saturated heterocycles. The zero-order chi connectivity index (χ0) is 23.1. The minimum absolute atomic E-state index is 0.290. The molecule has 172 valence electrons. The van der Waals surface area contributed by atoms with Gasteiger partial charge in [-0.15, -0.1) is 11.8 Å². The fourth-order valence-electron chi connectivity index (χ4n) is 4.72. The van der Waals surface area contributed by atoms with Gasteiger partial charge in [0.05, 0.1) is 24.7 Å². The van der Waals surface area contributed by atoms with E-state index in [0.717, 1.165) is 52.5 Å². The number of ether oxygens (including phenoxy) is 4. The molecule has 0 fully saturated rings. The molecule has 2 aliphatic rings. The molecule has 0 aliphatic carbocycles. The van der Waals surface area contributed by atoms with Gasteiger partial charge in [0.25, 0.3) is 0 Å². The monoisotopic (exact) mass is 472 g/mol. The van der Waals surface area contributed by atoms with E-state index in [9.17, 15) is 0 Å². The van der Waals surface area contributed by atoms with Crippen molar-refractivity contribution >= 4 is 22.5 Å². The molecule has 0 atom stereocenters. The summed E-state index contributed by atoms with van der Waals surface area (Å²) in [5.41, 5.74) is 4.96. The third kappa shape index (κ3) is 3.72. The van der Waals surface area contributed by atoms with E-state index in [1.54, 1.807) is 7.11 Å². The first-order chi connectivity index (χ1) is 16.7. The molecule has 0 spiro atoms. The Balaban J connectivity index is 1.32. The van der Waals surface area contributed by atoms with Crippen LogP contribution in [-0.4, -0.2) is 26.3 Å². The van der Waals surface area contributed by atoms with Crippen molar-refractivity contribution in [3.63, 3.8) is 0 Å². The van der Waals surface area contributed by atoms with Gasteiger partial charge >= 0.3 is 0 Å². The highest BCUT2D eigenvalue weighted by Crippen LogP contribution is 2.41. The van der Waals surface area contributed by atoms with E-state index in [1.807, 2.05) is 17.8 Å². The minimum atomic E-state index is 0.290. The van der Waals surface area contributed by atoms with Crippen molar-refractivity contribution in [2.45, 2.75) is 24.8 Å². The summed E-state index contributed by atoms with van der Waals surface area (Å²) in [5.74, 6) is 4.09. The van der Waals surface area contributed by atoms with Gasteiger partial charge in [-0.1, -0.05) is 18.2 Å². The predicted octanol–water partition coefficient (Wildman–Crippen LogP) is 5.57. The molecule has 3 heterocycles. The lowest BCUT2D eigenvalue weighted by atomic mass is 9.95. The largest absolute Gasteiger partial charge is 0.493 e. The van der Waals surface area contributed by atoms with Crippen LogP contribution in [0.15, 0.2) is 65.7 Å². The normalized spacial score (nSPS) is 13.5. The first kappa shape index (κ1) is 21.2. The van der Waals surface area contributed by atoms with Gasteiger partial charge in [-0.25, -0.2) is 0 Å². The number of pyridine rings is 1. The maximum atomic E-state index is 6.33. The van der Waals surface area contributed by atoms with Crippen LogP contribution in [-0.2, 0) is 13.0 Å². The van der Waals surface area contributed by atoms with Gasteiger partial charge in [0.15, 0.2) is 35.7 Å². The topological polar surface area (TPSA) is 40.8 Å². The summed E-state index contributed by atoms with van der Waals surface area (Å²) in [6, 6.07) is 19.0. The first-order valence-electron chi connectivity index (χ1n) is 11.5. The SMILES string of the molecule is COc1ccc2cc3[n+](cc2c1OCCSc1ccccc1C)CCc1cc2c(cc1-3)OCO2. The number of aryl methyl sites for hydroxylation is 3. The van der Waals surface area contributed by atoms with Crippen molar-refractivity contribution in [2.24, 2.45) is 0 Å². The van der Waals surface area contributed by atoms with E-state index in [0.29, 0.717) is 13.4 Å². The molecule has 3 aromatic carbocycles. The molecule has 0 radical (unpaired) electrons. The van der Waals surface area contributed by atoms with Gasteiger partial charge in [0.1, 0.15) is 0 Å². The van der Waals surface area contributed by atoms with Crippen LogP contribution in [0.25, 0.3) is 22.0 Å². The maximum absolute atomic E-state index is 6.33. The fraction of sp³-hybridized carbons (Fsp3) is 0.250. The Morgan fingerprint density at radius 3 is 2.74 bits per heavy atom. The number of hydrogen-bond donors (Lipinski definition) is 0. The van der Waals surface area contributed by atoms with Crippen molar-refractivity contribution in [1.82, 2.24) is 0 Å². The molecule has 6 heteroatoms. The second-order valence-electron chi connectivity index (χ2n) is 8.53. The number of hydrogen-bond acceptors (Lipinski definition) is 5. The number of methoxy groups -OCH3 is 1. The van der Waals surface area contributed by atoms with E-state index in [2.05, 4.69) is 66.2 Å². The van der Waals surface area contributed by atoms with Crippen molar-refractivity contribution in [1.29, 1.82) is 0 Å². The highest BCUT2D eigenvalue weighted by molar-refractivity contribution is 7.99. The highest BCUT2D eigenvalue weighted by atomic mass is 32.2. The van der Waals surface area contributed by atoms with Crippen LogP contribution >= 0.6 is 11.8 Å². The summed E-state index contributed by atoms with van der Waals surface area (Å²) in [4.78, 5) is 1.29. The molecule has 5 nitrogen and oxygen atoms in total. The Hall–Kier alpha value is -3.38. The molecule has 0 N–H and O–H groups in total. The molecular formula is C28H26NO4S+. The van der Waals surface area contributed by atoms with Crippen LogP contribution < -0.4 is 23.5 Å². The molecule has 34 heavy (non-hydrogen) atoms. The molecule has 0 unspecified atom stereocenters. The lowest BCUT2D eigenvalue weighted by molar-refractivity contribution is -0.686. The standard InChI is InChI=1S/C28H26NO4S/c1-18-5-3-4-6-27(18)34-12-11-31-28-22-16-29-10-9-20-14-25-26(33-17-32-25)15-21(20)23(29)13-19(22)7-8-24(28)30-2/h3-8,13-16H,9-12,17H2,1-2H3/q+1. The van der Waals surface area contributed by atoms with Gasteiger partial charge in [0.2, 0.25) is 12.5 Å². The van der Waals surface area contributed by atoms with Crippen LogP contribution in [0.4, 0.5) is 0 Å². The van der Waals surface area contributed by atoms with Gasteiger partial charge in [0, 0.05) is 23.1 Å². The van der Waals surface area contributed by atoms with Crippen molar-refractivity contribution < 1.29 is 23.5 Å². The number of benzene rings is 3. The summed E-state index contributed by atoms with van der Waals surface area (Å²) in [6.07, 6.45) is 3.15. The van der Waals surface area contributed by atoms with Crippen molar-refractivity contribution in [3.05, 3.63) is 71.9 Å². The number of nitrogens with zero attached hydrogens (tertiary/aromatic N) is 1. The number of rotatable bonds is 6. The molecular weight excluding hydrogens is 446 g/mol. The van der Waals surface area contributed by atoms with E-state index in [-0.39, 0.29) is 0 Å². The second kappa shape index (κ2) is 8.76. The molecule has 0 amide bonds. The van der Waals surface area contributed by atoms with Crippen LogP contribution in [0.1, 0.15) is 11.1 Å². The summed E-state index contributed by atoms with van der Waals surface area (Å²) < 4.78 is 25.5. The summed E-state index contributed by atoms with van der Waals surface area (Å²) in [6.45, 7) is 3.93. The lowest BCUT2D eigenvalue weighted by Crippen LogP contribution is -2.40. The van der Waals surface area contributed by atoms with Gasteiger partial charge in [-0.05, 0) is 53.8 Å². The third-order valence-corrected chi connectivity index (χ3v) is 7.62. The Labute approximate surface area is 203 Å². The van der Waals surface area contributed by atoms with E-state index < -0.39 is 0 Å². The van der Waals surface area contributed by atoms with Crippen LogP contribution in [0, 0.1) is 6.92 Å². The molecule has 2 aliphatic heterocycles. The Kier molecular flexibility index (Phi) is 5.46. The molecule has 4 aromatic rings. The second-order valence-corrected chi connectivity index (χ2v) is 9.66. The first-order valence-corrected chi connectivity index (χ1v) is 12.5. The van der Waals surface area contributed by atoms with E-state index in [1.165, 1.54) is 27.3 Å². The van der Waals surface area contributed by atoms with Gasteiger partial charge < -0.3 is 18.9 Å². The van der Waals surface area contributed by atoms with Crippen molar-refractivity contribution in [3.8, 4) is 34.3 Å². The fourth-order valence-corrected chi connectivity index (χ4v) is 5.58. The maximum Gasteiger partial charge on any atom is 0.231 e. The smallest absolute Gasteiger partial charge is 0.231 e. The molecule has 0 bridgehead atoms. The minimum Gasteiger partial charge on any atom is -0.493 e. The van der Waals surface area contributed by atoms with Crippen LogP contribution in [0.2, 0.25) is 0 Å². The molecule has 0 saturated carbocycles. The average Bonchev–Trinajstić information content (AvgIpc) is 3.32.